The summed E-state index contributed by atoms with van der Waals surface area (Å²) in [6.07, 6.45) is 3.72. The third-order valence-electron chi connectivity index (χ3n) is 6.63. The summed E-state index contributed by atoms with van der Waals surface area (Å²) in [4.78, 5) is 13.6. The van der Waals surface area contributed by atoms with Crippen LogP contribution in [0.5, 0.6) is 0 Å². The molecule has 1 N–H and O–H groups in total. The molecule has 1 heterocycles. The van der Waals surface area contributed by atoms with Crippen LogP contribution in [0.1, 0.15) is 61.9 Å². The van der Waals surface area contributed by atoms with Crippen molar-refractivity contribution < 1.29 is 9.90 Å². The van der Waals surface area contributed by atoms with Crippen molar-refractivity contribution in [2.75, 3.05) is 20.1 Å². The second-order valence-corrected chi connectivity index (χ2v) is 8.57. The number of fused-ring (bicyclic) bond motifs is 1. The zero-order chi connectivity index (χ0) is 16.8. The average Bonchev–Trinajstić information content (AvgIpc) is 2.46. The Morgan fingerprint density at radius 1 is 1.17 bits per heavy atom. The molecule has 1 aromatic rings. The molecule has 0 amide bonds. The first-order chi connectivity index (χ1) is 10.7. The lowest BCUT2D eigenvalue weighted by molar-refractivity contribution is -0.0687. The van der Waals surface area contributed by atoms with Crippen LogP contribution in [0.15, 0.2) is 24.3 Å². The number of likely N-dealkylation sites (tertiary alicyclic amines) is 1. The predicted molar refractivity (Wildman–Crippen MR) is 92.9 cm³/mol. The summed E-state index contributed by atoms with van der Waals surface area (Å²) >= 11 is 0. The van der Waals surface area contributed by atoms with Crippen molar-refractivity contribution in [1.29, 1.82) is 0 Å². The Labute approximate surface area is 139 Å². The summed E-state index contributed by atoms with van der Waals surface area (Å²) in [5.41, 5.74) is 2.35. The van der Waals surface area contributed by atoms with E-state index in [1.165, 1.54) is 37.9 Å². The number of carboxylic acid groups (broad SMARTS) is 1. The maximum Gasteiger partial charge on any atom is 0.335 e. The molecule has 126 valence electrons. The second-order valence-electron chi connectivity index (χ2n) is 8.57. The van der Waals surface area contributed by atoms with Gasteiger partial charge in [0.05, 0.1) is 5.56 Å². The van der Waals surface area contributed by atoms with Crippen LogP contribution in [-0.2, 0) is 0 Å². The largest absolute Gasteiger partial charge is 0.478 e. The van der Waals surface area contributed by atoms with Gasteiger partial charge < -0.3 is 10.0 Å². The van der Waals surface area contributed by atoms with Gasteiger partial charge in [-0.2, -0.15) is 0 Å². The topological polar surface area (TPSA) is 40.5 Å². The van der Waals surface area contributed by atoms with E-state index >= 15 is 0 Å². The van der Waals surface area contributed by atoms with Gasteiger partial charge >= 0.3 is 5.97 Å². The average molecular weight is 315 g/mol. The number of nitrogens with zero attached hydrogens (tertiary/aromatic N) is 1. The molecule has 3 nitrogen and oxygen atoms in total. The summed E-state index contributed by atoms with van der Waals surface area (Å²) in [6, 6.07) is 7.59. The van der Waals surface area contributed by atoms with Gasteiger partial charge in [-0.15, -0.1) is 0 Å². The smallest absolute Gasteiger partial charge is 0.335 e. The van der Waals surface area contributed by atoms with Crippen molar-refractivity contribution in [3.05, 3.63) is 35.4 Å². The van der Waals surface area contributed by atoms with Gasteiger partial charge in [0.1, 0.15) is 0 Å². The molecule has 0 radical (unpaired) electrons. The number of aromatic carboxylic acids is 1. The maximum absolute atomic E-state index is 11.1. The van der Waals surface area contributed by atoms with Crippen molar-refractivity contribution in [1.82, 2.24) is 4.90 Å². The molecule has 0 spiro atoms. The maximum atomic E-state index is 11.1. The highest BCUT2D eigenvalue weighted by Gasteiger charge is 2.52. The SMILES string of the molecule is CN1CCC2C(C)(C)[C@@H](c3ccc(C(=O)O)cc3)CC[C@]2(C)C1. The van der Waals surface area contributed by atoms with Crippen LogP contribution in [0.3, 0.4) is 0 Å². The number of piperidine rings is 1. The van der Waals surface area contributed by atoms with Gasteiger partial charge in [0, 0.05) is 6.54 Å². The van der Waals surface area contributed by atoms with E-state index in [4.69, 9.17) is 5.11 Å². The number of hydrogen-bond donors (Lipinski definition) is 1. The molecule has 1 saturated heterocycles. The van der Waals surface area contributed by atoms with Gasteiger partial charge in [-0.3, -0.25) is 0 Å². The standard InChI is InChI=1S/C20H29NO2/c1-19(2)16(14-5-7-15(8-6-14)18(22)23)9-11-20(3)13-21(4)12-10-17(19)20/h5-8,16-17H,9-13H2,1-4H3,(H,22,23)/t16-,17?,20-/m1/s1. The van der Waals surface area contributed by atoms with Crippen LogP contribution in [-0.4, -0.2) is 36.1 Å². The second kappa shape index (κ2) is 5.62. The van der Waals surface area contributed by atoms with Crippen LogP contribution in [0.2, 0.25) is 0 Å². The molecule has 23 heavy (non-hydrogen) atoms. The van der Waals surface area contributed by atoms with Crippen LogP contribution < -0.4 is 0 Å². The fourth-order valence-electron chi connectivity index (χ4n) is 5.57. The minimum absolute atomic E-state index is 0.249. The molecule has 1 unspecified atom stereocenters. The quantitative estimate of drug-likeness (QED) is 0.887. The van der Waals surface area contributed by atoms with Crippen LogP contribution in [0.25, 0.3) is 0 Å². The summed E-state index contributed by atoms with van der Waals surface area (Å²) in [5, 5.41) is 9.10. The first-order valence-electron chi connectivity index (χ1n) is 8.76. The number of carbonyl (C=O) groups is 1. The minimum atomic E-state index is -0.845. The minimum Gasteiger partial charge on any atom is -0.478 e. The lowest BCUT2D eigenvalue weighted by atomic mass is 9.49. The van der Waals surface area contributed by atoms with E-state index < -0.39 is 5.97 Å². The summed E-state index contributed by atoms with van der Waals surface area (Å²) < 4.78 is 0. The van der Waals surface area contributed by atoms with Crippen LogP contribution in [0, 0.1) is 16.7 Å². The molecule has 3 rings (SSSR count). The van der Waals surface area contributed by atoms with E-state index in [9.17, 15) is 4.79 Å². The first-order valence-corrected chi connectivity index (χ1v) is 8.76. The normalized spacial score (nSPS) is 33.9. The number of hydrogen-bond acceptors (Lipinski definition) is 2. The van der Waals surface area contributed by atoms with Gasteiger partial charge in [-0.05, 0) is 73.2 Å². The van der Waals surface area contributed by atoms with Crippen molar-refractivity contribution in [3.8, 4) is 0 Å². The van der Waals surface area contributed by atoms with Crippen molar-refractivity contribution in [2.45, 2.75) is 46.0 Å². The van der Waals surface area contributed by atoms with E-state index in [1.54, 1.807) is 12.1 Å². The van der Waals surface area contributed by atoms with Gasteiger partial charge in [-0.25, -0.2) is 4.79 Å². The molecular weight excluding hydrogens is 286 g/mol. The van der Waals surface area contributed by atoms with E-state index in [-0.39, 0.29) is 5.41 Å². The zero-order valence-electron chi connectivity index (χ0n) is 14.8. The molecule has 3 heteroatoms. The van der Waals surface area contributed by atoms with Crippen LogP contribution in [0.4, 0.5) is 0 Å². The summed E-state index contributed by atoms with van der Waals surface area (Å²) in [5.74, 6) is 0.401. The number of rotatable bonds is 2. The van der Waals surface area contributed by atoms with Gasteiger partial charge in [0.25, 0.3) is 0 Å². The molecule has 1 saturated carbocycles. The zero-order valence-corrected chi connectivity index (χ0v) is 14.8. The Morgan fingerprint density at radius 2 is 1.83 bits per heavy atom. The van der Waals surface area contributed by atoms with E-state index in [0.29, 0.717) is 16.9 Å². The van der Waals surface area contributed by atoms with Gasteiger partial charge in [-0.1, -0.05) is 32.9 Å². The lowest BCUT2D eigenvalue weighted by Crippen LogP contribution is -2.54. The van der Waals surface area contributed by atoms with Crippen molar-refractivity contribution in [3.63, 3.8) is 0 Å². The molecule has 1 aliphatic carbocycles. The molecule has 1 aliphatic heterocycles. The molecule has 1 aromatic carbocycles. The Balaban J connectivity index is 1.89. The Bertz CT molecular complexity index is 592. The summed E-state index contributed by atoms with van der Waals surface area (Å²) in [7, 11) is 2.24. The van der Waals surface area contributed by atoms with Gasteiger partial charge in [0.15, 0.2) is 0 Å². The molecular formula is C20H29NO2. The van der Waals surface area contributed by atoms with E-state index in [0.717, 1.165) is 5.92 Å². The van der Waals surface area contributed by atoms with Crippen molar-refractivity contribution in [2.24, 2.45) is 16.7 Å². The Hall–Kier alpha value is -1.35. The van der Waals surface area contributed by atoms with Crippen molar-refractivity contribution >= 4 is 5.97 Å². The first kappa shape index (κ1) is 16.5. The third kappa shape index (κ3) is 2.80. The predicted octanol–water partition coefficient (Wildman–Crippen LogP) is 4.25. The summed E-state index contributed by atoms with van der Waals surface area (Å²) in [6.45, 7) is 9.71. The molecule has 0 aromatic heterocycles. The van der Waals surface area contributed by atoms with Crippen LogP contribution >= 0.6 is 0 Å². The number of benzene rings is 1. The number of carboxylic acids is 1. The Kier molecular flexibility index (Phi) is 4.04. The van der Waals surface area contributed by atoms with Gasteiger partial charge in [0.2, 0.25) is 0 Å². The molecule has 3 atom stereocenters. The highest BCUT2D eigenvalue weighted by atomic mass is 16.4. The fourth-order valence-corrected chi connectivity index (χ4v) is 5.57. The highest BCUT2D eigenvalue weighted by molar-refractivity contribution is 5.87. The molecule has 0 bridgehead atoms. The van der Waals surface area contributed by atoms with E-state index in [1.807, 2.05) is 12.1 Å². The monoisotopic (exact) mass is 315 g/mol. The Morgan fingerprint density at radius 3 is 2.43 bits per heavy atom. The fraction of sp³-hybridized carbons (Fsp3) is 0.650. The molecule has 2 fully saturated rings. The highest BCUT2D eigenvalue weighted by Crippen LogP contribution is 2.59. The third-order valence-corrected chi connectivity index (χ3v) is 6.63. The van der Waals surface area contributed by atoms with E-state index in [2.05, 4.69) is 32.7 Å². The lowest BCUT2D eigenvalue weighted by Gasteiger charge is -2.58. The molecule has 2 aliphatic rings.